The van der Waals surface area contributed by atoms with Crippen molar-refractivity contribution in [2.45, 2.75) is 25.9 Å². The number of ether oxygens (including phenoxy) is 1. The van der Waals surface area contributed by atoms with E-state index in [0.717, 1.165) is 35.4 Å². The zero-order chi connectivity index (χ0) is 13.4. The summed E-state index contributed by atoms with van der Waals surface area (Å²) in [4.78, 5) is 16.4. The van der Waals surface area contributed by atoms with Crippen molar-refractivity contribution in [3.63, 3.8) is 0 Å². The molecule has 19 heavy (non-hydrogen) atoms. The first-order valence-corrected chi connectivity index (χ1v) is 6.51. The van der Waals surface area contributed by atoms with Crippen molar-refractivity contribution >= 4 is 22.6 Å². The van der Waals surface area contributed by atoms with E-state index in [0.29, 0.717) is 6.61 Å². The second-order valence-corrected chi connectivity index (χ2v) is 4.91. The van der Waals surface area contributed by atoms with Crippen LogP contribution in [0.4, 0.5) is 5.69 Å². The highest BCUT2D eigenvalue weighted by atomic mass is 16.5. The maximum atomic E-state index is 12.0. The Bertz CT molecular complexity index is 627. The van der Waals surface area contributed by atoms with Gasteiger partial charge in [0.1, 0.15) is 11.9 Å². The van der Waals surface area contributed by atoms with Crippen LogP contribution in [0.2, 0.25) is 0 Å². The van der Waals surface area contributed by atoms with Crippen molar-refractivity contribution in [2.24, 2.45) is 7.05 Å². The molecule has 0 radical (unpaired) electrons. The Morgan fingerprint density at radius 1 is 1.53 bits per heavy atom. The fraction of sp³-hybridized carbons (Fsp3) is 0.429. The third-order valence-corrected chi connectivity index (χ3v) is 3.59. The summed E-state index contributed by atoms with van der Waals surface area (Å²) in [5.41, 5.74) is 2.73. The van der Waals surface area contributed by atoms with Gasteiger partial charge in [-0.15, -0.1) is 0 Å². The molecule has 1 aromatic heterocycles. The van der Waals surface area contributed by atoms with Crippen LogP contribution in [0.15, 0.2) is 18.2 Å². The molecule has 0 aliphatic carbocycles. The van der Waals surface area contributed by atoms with E-state index in [1.54, 1.807) is 0 Å². The molecule has 3 rings (SSSR count). The molecule has 0 bridgehead atoms. The van der Waals surface area contributed by atoms with Gasteiger partial charge in [-0.05, 0) is 38.0 Å². The fourth-order valence-electron chi connectivity index (χ4n) is 2.41. The number of rotatable bonds is 2. The summed E-state index contributed by atoms with van der Waals surface area (Å²) in [7, 11) is 1.98. The number of carbonyl (C=O) groups excluding carboxylic acids is 1. The van der Waals surface area contributed by atoms with Gasteiger partial charge in [-0.25, -0.2) is 4.98 Å². The van der Waals surface area contributed by atoms with Crippen molar-refractivity contribution in [1.82, 2.24) is 9.55 Å². The lowest BCUT2D eigenvalue weighted by atomic mass is 10.2. The fourth-order valence-corrected chi connectivity index (χ4v) is 2.41. The number of nitrogens with zero attached hydrogens (tertiary/aromatic N) is 2. The van der Waals surface area contributed by atoms with E-state index in [4.69, 9.17) is 4.74 Å². The van der Waals surface area contributed by atoms with Crippen molar-refractivity contribution in [3.05, 3.63) is 24.0 Å². The molecule has 5 heteroatoms. The molecule has 1 amide bonds. The van der Waals surface area contributed by atoms with E-state index in [9.17, 15) is 4.79 Å². The van der Waals surface area contributed by atoms with Gasteiger partial charge in [0.15, 0.2) is 0 Å². The van der Waals surface area contributed by atoms with Crippen LogP contribution in [0.3, 0.4) is 0 Å². The molecule has 2 aromatic rings. The average molecular weight is 259 g/mol. The number of imidazole rings is 1. The molecule has 1 aliphatic rings. The predicted octanol–water partition coefficient (Wildman–Crippen LogP) is 2.00. The molecule has 0 spiro atoms. The van der Waals surface area contributed by atoms with Crippen LogP contribution in [-0.2, 0) is 16.6 Å². The van der Waals surface area contributed by atoms with Crippen molar-refractivity contribution < 1.29 is 9.53 Å². The molecule has 5 nitrogen and oxygen atoms in total. The second kappa shape index (κ2) is 4.66. The zero-order valence-electron chi connectivity index (χ0n) is 11.1. The molecular formula is C14H17N3O2. The largest absolute Gasteiger partial charge is 0.368 e. The van der Waals surface area contributed by atoms with Crippen LogP contribution in [0.1, 0.15) is 18.7 Å². The minimum Gasteiger partial charge on any atom is -0.368 e. The quantitative estimate of drug-likeness (QED) is 0.897. The summed E-state index contributed by atoms with van der Waals surface area (Å²) in [6.07, 6.45) is 1.45. The first kappa shape index (κ1) is 12.2. The Morgan fingerprint density at radius 2 is 2.37 bits per heavy atom. The SMILES string of the molecule is Cc1nc2cc(NC(=O)C3CCCO3)ccc2n1C. The number of nitrogens with one attached hydrogen (secondary N) is 1. The van der Waals surface area contributed by atoms with Gasteiger partial charge < -0.3 is 14.6 Å². The monoisotopic (exact) mass is 259 g/mol. The number of aromatic nitrogens is 2. The number of anilines is 1. The number of hydrogen-bond donors (Lipinski definition) is 1. The summed E-state index contributed by atoms with van der Waals surface area (Å²) in [5, 5.41) is 2.89. The van der Waals surface area contributed by atoms with E-state index in [1.165, 1.54) is 0 Å². The molecule has 1 fully saturated rings. The molecule has 1 atom stereocenters. The lowest BCUT2D eigenvalue weighted by molar-refractivity contribution is -0.124. The highest BCUT2D eigenvalue weighted by Crippen LogP contribution is 2.20. The van der Waals surface area contributed by atoms with Crippen LogP contribution in [0.5, 0.6) is 0 Å². The molecule has 2 heterocycles. The highest BCUT2D eigenvalue weighted by Gasteiger charge is 2.23. The van der Waals surface area contributed by atoms with Gasteiger partial charge in [0.2, 0.25) is 0 Å². The average Bonchev–Trinajstić information content (AvgIpc) is 2.99. The number of amides is 1. The van der Waals surface area contributed by atoms with Crippen molar-refractivity contribution in [2.75, 3.05) is 11.9 Å². The third-order valence-electron chi connectivity index (χ3n) is 3.59. The van der Waals surface area contributed by atoms with E-state index >= 15 is 0 Å². The maximum absolute atomic E-state index is 12.0. The van der Waals surface area contributed by atoms with Crippen LogP contribution < -0.4 is 5.32 Å². The summed E-state index contributed by atoms with van der Waals surface area (Å²) in [5.74, 6) is 0.891. The van der Waals surface area contributed by atoms with Crippen molar-refractivity contribution in [3.8, 4) is 0 Å². The van der Waals surface area contributed by atoms with Gasteiger partial charge in [0.05, 0.1) is 11.0 Å². The summed E-state index contributed by atoms with van der Waals surface area (Å²) >= 11 is 0. The Morgan fingerprint density at radius 3 is 3.11 bits per heavy atom. The summed E-state index contributed by atoms with van der Waals surface area (Å²) in [6.45, 7) is 2.64. The smallest absolute Gasteiger partial charge is 0.253 e. The van der Waals surface area contributed by atoms with Gasteiger partial charge in [0, 0.05) is 19.3 Å². The Labute approximate surface area is 111 Å². The molecule has 100 valence electrons. The van der Waals surface area contributed by atoms with Gasteiger partial charge >= 0.3 is 0 Å². The third kappa shape index (κ3) is 2.21. The van der Waals surface area contributed by atoms with Crippen LogP contribution in [0.25, 0.3) is 11.0 Å². The number of benzene rings is 1. The molecular weight excluding hydrogens is 242 g/mol. The number of aryl methyl sites for hydroxylation is 2. The zero-order valence-corrected chi connectivity index (χ0v) is 11.1. The van der Waals surface area contributed by atoms with E-state index < -0.39 is 0 Å². The minimum absolute atomic E-state index is 0.0653. The molecule has 1 unspecified atom stereocenters. The van der Waals surface area contributed by atoms with Gasteiger partial charge in [-0.3, -0.25) is 4.79 Å². The predicted molar refractivity (Wildman–Crippen MR) is 73.1 cm³/mol. The minimum atomic E-state index is -0.304. The van der Waals surface area contributed by atoms with Gasteiger partial charge in [-0.2, -0.15) is 0 Å². The molecule has 1 aliphatic heterocycles. The van der Waals surface area contributed by atoms with Gasteiger partial charge in [-0.1, -0.05) is 0 Å². The number of fused-ring (bicyclic) bond motifs is 1. The lowest BCUT2D eigenvalue weighted by Gasteiger charge is -2.10. The summed E-state index contributed by atoms with van der Waals surface area (Å²) in [6, 6.07) is 5.77. The number of hydrogen-bond acceptors (Lipinski definition) is 3. The standard InChI is InChI=1S/C14H17N3O2/c1-9-15-11-8-10(5-6-12(11)17(9)2)16-14(18)13-4-3-7-19-13/h5-6,8,13H,3-4,7H2,1-2H3,(H,16,18). The highest BCUT2D eigenvalue weighted by molar-refractivity contribution is 5.96. The van der Waals surface area contributed by atoms with E-state index in [-0.39, 0.29) is 12.0 Å². The van der Waals surface area contributed by atoms with Crippen LogP contribution in [-0.4, -0.2) is 28.2 Å². The Kier molecular flexibility index (Phi) is 2.98. The van der Waals surface area contributed by atoms with E-state index in [1.807, 2.05) is 36.7 Å². The molecule has 1 saturated heterocycles. The first-order valence-electron chi connectivity index (χ1n) is 6.51. The maximum Gasteiger partial charge on any atom is 0.253 e. The van der Waals surface area contributed by atoms with Crippen LogP contribution >= 0.6 is 0 Å². The molecule has 0 saturated carbocycles. The Hall–Kier alpha value is -1.88. The van der Waals surface area contributed by atoms with Crippen molar-refractivity contribution in [1.29, 1.82) is 0 Å². The Balaban J connectivity index is 1.83. The van der Waals surface area contributed by atoms with Crippen LogP contribution in [0, 0.1) is 6.92 Å². The number of carbonyl (C=O) groups is 1. The lowest BCUT2D eigenvalue weighted by Crippen LogP contribution is -2.26. The molecule has 1 aromatic carbocycles. The second-order valence-electron chi connectivity index (χ2n) is 4.91. The summed E-state index contributed by atoms with van der Waals surface area (Å²) < 4.78 is 7.39. The first-order chi connectivity index (χ1) is 9.15. The normalized spacial score (nSPS) is 18.9. The van der Waals surface area contributed by atoms with Gasteiger partial charge in [0.25, 0.3) is 5.91 Å². The molecule has 1 N–H and O–H groups in total. The van der Waals surface area contributed by atoms with E-state index in [2.05, 4.69) is 10.3 Å². The topological polar surface area (TPSA) is 56.1 Å².